The molecule has 0 heterocycles. The van der Waals surface area contributed by atoms with E-state index in [1.165, 1.54) is 37.1 Å². The van der Waals surface area contributed by atoms with E-state index < -0.39 is 5.82 Å². The first kappa shape index (κ1) is 13.5. The van der Waals surface area contributed by atoms with Crippen LogP contribution < -0.4 is 5.32 Å². The second kappa shape index (κ2) is 5.51. The molecule has 0 unspecified atom stereocenters. The fraction of sp³-hybridized carbons (Fsp3) is 0.250. The summed E-state index contributed by atoms with van der Waals surface area (Å²) in [4.78, 5) is 0. The molecule has 2 aromatic rings. The third-order valence-corrected chi connectivity index (χ3v) is 3.74. The highest BCUT2D eigenvalue weighted by Gasteiger charge is 2.20. The molecular weight excluding hydrogens is 280 g/mol. The zero-order chi connectivity index (χ0) is 14.1. The van der Waals surface area contributed by atoms with Crippen molar-refractivity contribution in [2.75, 3.05) is 0 Å². The Morgan fingerprint density at radius 2 is 1.80 bits per heavy atom. The summed E-state index contributed by atoms with van der Waals surface area (Å²) in [6.45, 7) is 0.666. The van der Waals surface area contributed by atoms with Crippen LogP contribution in [0.4, 0.5) is 8.78 Å². The lowest BCUT2D eigenvalue weighted by Gasteiger charge is -2.09. The van der Waals surface area contributed by atoms with Crippen LogP contribution in [-0.2, 0) is 6.54 Å². The molecule has 104 valence electrons. The van der Waals surface area contributed by atoms with E-state index in [-0.39, 0.29) is 10.8 Å². The van der Waals surface area contributed by atoms with Crippen LogP contribution in [-0.4, -0.2) is 6.04 Å². The minimum absolute atomic E-state index is 0.216. The summed E-state index contributed by atoms with van der Waals surface area (Å²) in [5.41, 5.74) is 1.80. The molecular formula is C16H14ClF2N. The van der Waals surface area contributed by atoms with Gasteiger partial charge >= 0.3 is 0 Å². The third-order valence-electron chi connectivity index (χ3n) is 3.43. The summed E-state index contributed by atoms with van der Waals surface area (Å²) in [6.07, 6.45) is 2.40. The maximum Gasteiger partial charge on any atom is 0.131 e. The average molecular weight is 294 g/mol. The molecule has 1 aliphatic rings. The molecule has 2 aromatic carbocycles. The van der Waals surface area contributed by atoms with Crippen molar-refractivity contribution in [1.29, 1.82) is 0 Å². The fourth-order valence-electron chi connectivity index (χ4n) is 2.14. The van der Waals surface area contributed by atoms with Gasteiger partial charge in [-0.1, -0.05) is 23.7 Å². The van der Waals surface area contributed by atoms with Crippen LogP contribution in [0.3, 0.4) is 0 Å². The summed E-state index contributed by atoms with van der Waals surface area (Å²) in [6, 6.07) is 9.63. The Labute approximate surface area is 121 Å². The van der Waals surface area contributed by atoms with E-state index in [1.54, 1.807) is 6.07 Å². The van der Waals surface area contributed by atoms with Gasteiger partial charge in [-0.3, -0.25) is 0 Å². The van der Waals surface area contributed by atoms with Crippen LogP contribution >= 0.6 is 11.6 Å². The van der Waals surface area contributed by atoms with Crippen LogP contribution in [0, 0.1) is 11.6 Å². The second-order valence-corrected chi connectivity index (χ2v) is 5.50. The lowest BCUT2D eigenvalue weighted by Crippen LogP contribution is -2.15. The lowest BCUT2D eigenvalue weighted by molar-refractivity contribution is 0.621. The standard InChI is InChI=1S/C16H14ClF2N/c17-15-8-11(18)2-6-13(15)14-5-1-10(7-16(14)19)9-20-12-3-4-12/h1-2,5-8,12,20H,3-4,9H2. The number of halogens is 3. The summed E-state index contributed by atoms with van der Waals surface area (Å²) in [7, 11) is 0. The lowest BCUT2D eigenvalue weighted by atomic mass is 10.0. The molecule has 0 saturated heterocycles. The van der Waals surface area contributed by atoms with Gasteiger partial charge in [0.1, 0.15) is 11.6 Å². The Bertz CT molecular complexity index is 638. The highest BCUT2D eigenvalue weighted by atomic mass is 35.5. The highest BCUT2D eigenvalue weighted by Crippen LogP contribution is 2.31. The van der Waals surface area contributed by atoms with E-state index in [1.807, 2.05) is 6.07 Å². The SMILES string of the molecule is Fc1ccc(-c2ccc(CNC3CC3)cc2F)c(Cl)c1. The van der Waals surface area contributed by atoms with E-state index in [9.17, 15) is 8.78 Å². The molecule has 1 N–H and O–H groups in total. The number of hydrogen-bond acceptors (Lipinski definition) is 1. The molecule has 3 rings (SSSR count). The van der Waals surface area contributed by atoms with E-state index in [0.717, 1.165) is 5.56 Å². The summed E-state index contributed by atoms with van der Waals surface area (Å²) >= 11 is 5.97. The fourth-order valence-corrected chi connectivity index (χ4v) is 2.41. The summed E-state index contributed by atoms with van der Waals surface area (Å²) in [5.74, 6) is -0.766. The van der Waals surface area contributed by atoms with Gasteiger partial charge in [0.05, 0.1) is 5.02 Å². The summed E-state index contributed by atoms with van der Waals surface area (Å²) in [5, 5.41) is 3.55. The number of rotatable bonds is 4. The molecule has 1 fully saturated rings. The van der Waals surface area contributed by atoms with Gasteiger partial charge < -0.3 is 5.32 Å². The molecule has 0 aromatic heterocycles. The highest BCUT2D eigenvalue weighted by molar-refractivity contribution is 6.33. The largest absolute Gasteiger partial charge is 0.310 e. The van der Waals surface area contributed by atoms with Crippen LogP contribution in [0.25, 0.3) is 11.1 Å². The number of hydrogen-bond donors (Lipinski definition) is 1. The Morgan fingerprint density at radius 3 is 2.45 bits per heavy atom. The molecule has 0 aliphatic heterocycles. The minimum Gasteiger partial charge on any atom is -0.310 e. The number of nitrogens with one attached hydrogen (secondary N) is 1. The van der Waals surface area contributed by atoms with Gasteiger partial charge in [-0.05, 0) is 42.7 Å². The molecule has 4 heteroatoms. The van der Waals surface area contributed by atoms with Gasteiger partial charge in [-0.2, -0.15) is 0 Å². The maximum atomic E-state index is 14.2. The molecule has 0 radical (unpaired) electrons. The smallest absolute Gasteiger partial charge is 0.131 e. The molecule has 20 heavy (non-hydrogen) atoms. The zero-order valence-electron chi connectivity index (χ0n) is 10.8. The number of benzene rings is 2. The Hall–Kier alpha value is -1.45. The first-order valence-electron chi connectivity index (χ1n) is 6.61. The second-order valence-electron chi connectivity index (χ2n) is 5.09. The predicted octanol–water partition coefficient (Wildman–Crippen LogP) is 4.54. The molecule has 1 aliphatic carbocycles. The third kappa shape index (κ3) is 3.00. The zero-order valence-corrected chi connectivity index (χ0v) is 11.6. The quantitative estimate of drug-likeness (QED) is 0.873. The molecule has 0 bridgehead atoms. The normalized spacial score (nSPS) is 14.6. The maximum absolute atomic E-state index is 14.2. The first-order chi connectivity index (χ1) is 9.63. The van der Waals surface area contributed by atoms with Gasteiger partial charge in [0, 0.05) is 23.7 Å². The van der Waals surface area contributed by atoms with Crippen molar-refractivity contribution in [3.05, 3.63) is 58.6 Å². The molecule has 1 saturated carbocycles. The molecule has 1 nitrogen and oxygen atoms in total. The van der Waals surface area contributed by atoms with E-state index in [2.05, 4.69) is 5.32 Å². The van der Waals surface area contributed by atoms with Crippen molar-refractivity contribution in [3.8, 4) is 11.1 Å². The van der Waals surface area contributed by atoms with Crippen molar-refractivity contribution in [1.82, 2.24) is 5.32 Å². The van der Waals surface area contributed by atoms with Crippen LogP contribution in [0.2, 0.25) is 5.02 Å². The van der Waals surface area contributed by atoms with Crippen molar-refractivity contribution < 1.29 is 8.78 Å². The van der Waals surface area contributed by atoms with Crippen molar-refractivity contribution in [2.45, 2.75) is 25.4 Å². The van der Waals surface area contributed by atoms with E-state index in [4.69, 9.17) is 11.6 Å². The molecule has 0 amide bonds. The Balaban J connectivity index is 1.85. The summed E-state index contributed by atoms with van der Waals surface area (Å²) < 4.78 is 27.2. The minimum atomic E-state index is -0.426. The predicted molar refractivity (Wildman–Crippen MR) is 76.7 cm³/mol. The van der Waals surface area contributed by atoms with Gasteiger partial charge in [0.2, 0.25) is 0 Å². The van der Waals surface area contributed by atoms with Crippen molar-refractivity contribution in [2.24, 2.45) is 0 Å². The van der Waals surface area contributed by atoms with Crippen LogP contribution in [0.1, 0.15) is 18.4 Å². The van der Waals surface area contributed by atoms with E-state index >= 15 is 0 Å². The van der Waals surface area contributed by atoms with Gasteiger partial charge in [-0.15, -0.1) is 0 Å². The van der Waals surface area contributed by atoms with Crippen molar-refractivity contribution >= 4 is 11.6 Å². The Morgan fingerprint density at radius 1 is 1.05 bits per heavy atom. The average Bonchev–Trinajstić information content (AvgIpc) is 3.22. The monoisotopic (exact) mass is 293 g/mol. The van der Waals surface area contributed by atoms with Crippen molar-refractivity contribution in [3.63, 3.8) is 0 Å². The van der Waals surface area contributed by atoms with Crippen LogP contribution in [0.15, 0.2) is 36.4 Å². The van der Waals surface area contributed by atoms with E-state index in [0.29, 0.717) is 23.7 Å². The first-order valence-corrected chi connectivity index (χ1v) is 6.98. The van der Waals surface area contributed by atoms with Crippen LogP contribution in [0.5, 0.6) is 0 Å². The topological polar surface area (TPSA) is 12.0 Å². The van der Waals surface area contributed by atoms with Gasteiger partial charge in [0.25, 0.3) is 0 Å². The molecule has 0 spiro atoms. The Kier molecular flexibility index (Phi) is 3.72. The van der Waals surface area contributed by atoms with Gasteiger partial charge in [0.15, 0.2) is 0 Å². The van der Waals surface area contributed by atoms with Gasteiger partial charge in [-0.25, -0.2) is 8.78 Å². The molecule has 0 atom stereocenters.